The zero-order chi connectivity index (χ0) is 25.3. The molecule has 6 N–H and O–H groups in total. The number of nitrogens with two attached hydrogens (primary N) is 1. The van der Waals surface area contributed by atoms with Crippen LogP contribution in [0.25, 0.3) is 0 Å². The summed E-state index contributed by atoms with van der Waals surface area (Å²) in [6.07, 6.45) is 1.71. The fourth-order valence-electron chi connectivity index (χ4n) is 3.76. The van der Waals surface area contributed by atoms with Gasteiger partial charge in [-0.1, -0.05) is 40.5 Å². The van der Waals surface area contributed by atoms with E-state index in [0.29, 0.717) is 32.2 Å². The molecule has 11 heteroatoms. The fourth-order valence-corrected chi connectivity index (χ4v) is 3.76. The first kappa shape index (κ1) is 28.3. The lowest BCUT2D eigenvalue weighted by molar-refractivity contribution is -0.150. The van der Waals surface area contributed by atoms with Gasteiger partial charge in [0.15, 0.2) is 0 Å². The average Bonchev–Trinajstić information content (AvgIpc) is 3.27. The molecule has 0 saturated carbocycles. The Balaban J connectivity index is 3.02. The minimum absolute atomic E-state index is 0.0739. The standard InChI is InChI=1S/C22H38N4O7/c1-5-12(3)17(24-19(29)14(23)9-10-16(27)28)20(30)25-18(13(4)6-2)21(31)26-11-7-8-15(26)22(32)33/h12-15,17-18H,5-11,23H2,1-4H3,(H,24,29)(H,25,30)(H,27,28)(H,32,33). The zero-order valence-corrected chi connectivity index (χ0v) is 19.9. The Hall–Kier alpha value is -2.69. The molecule has 0 radical (unpaired) electrons. The van der Waals surface area contributed by atoms with Gasteiger partial charge < -0.3 is 31.5 Å². The molecule has 0 spiro atoms. The van der Waals surface area contributed by atoms with Crippen LogP contribution in [-0.2, 0) is 24.0 Å². The predicted octanol–water partition coefficient (Wildman–Crippen LogP) is 0.316. The van der Waals surface area contributed by atoms with Crippen LogP contribution in [0.1, 0.15) is 66.2 Å². The Morgan fingerprint density at radius 3 is 2.03 bits per heavy atom. The first-order chi connectivity index (χ1) is 15.4. The van der Waals surface area contributed by atoms with Gasteiger partial charge in [0.05, 0.1) is 6.04 Å². The summed E-state index contributed by atoms with van der Waals surface area (Å²) in [5, 5.41) is 23.6. The van der Waals surface area contributed by atoms with E-state index in [4.69, 9.17) is 10.8 Å². The van der Waals surface area contributed by atoms with Gasteiger partial charge in [0.1, 0.15) is 18.1 Å². The lowest BCUT2D eigenvalue weighted by Crippen LogP contribution is -2.60. The number of carbonyl (C=O) groups excluding carboxylic acids is 3. The van der Waals surface area contributed by atoms with Gasteiger partial charge >= 0.3 is 11.9 Å². The highest BCUT2D eigenvalue weighted by Gasteiger charge is 2.40. The van der Waals surface area contributed by atoms with Crippen molar-refractivity contribution >= 4 is 29.7 Å². The van der Waals surface area contributed by atoms with E-state index in [9.17, 15) is 29.1 Å². The number of carboxylic acid groups (broad SMARTS) is 2. The van der Waals surface area contributed by atoms with Crippen molar-refractivity contribution in [1.82, 2.24) is 15.5 Å². The van der Waals surface area contributed by atoms with Crippen LogP contribution in [0.15, 0.2) is 0 Å². The fraction of sp³-hybridized carbons (Fsp3) is 0.773. The normalized spacial score (nSPS) is 20.3. The van der Waals surface area contributed by atoms with Crippen molar-refractivity contribution in [1.29, 1.82) is 0 Å². The zero-order valence-electron chi connectivity index (χ0n) is 19.9. The summed E-state index contributed by atoms with van der Waals surface area (Å²) in [6.45, 7) is 7.59. The summed E-state index contributed by atoms with van der Waals surface area (Å²) in [5.74, 6) is -4.35. The summed E-state index contributed by atoms with van der Waals surface area (Å²) in [7, 11) is 0. The van der Waals surface area contributed by atoms with Crippen molar-refractivity contribution in [2.45, 2.75) is 90.4 Å². The Morgan fingerprint density at radius 2 is 1.52 bits per heavy atom. The summed E-state index contributed by atoms with van der Waals surface area (Å²) < 4.78 is 0. The van der Waals surface area contributed by atoms with Crippen LogP contribution in [-0.4, -0.2) is 75.5 Å². The molecule has 6 unspecified atom stereocenters. The van der Waals surface area contributed by atoms with E-state index in [0.717, 1.165) is 0 Å². The number of hydrogen-bond acceptors (Lipinski definition) is 6. The molecule has 1 heterocycles. The molecule has 188 valence electrons. The second-order valence-corrected chi connectivity index (χ2v) is 8.81. The third-order valence-electron chi connectivity index (χ3n) is 6.40. The maximum absolute atomic E-state index is 13.2. The first-order valence-electron chi connectivity index (χ1n) is 11.6. The Kier molecular flexibility index (Phi) is 11.3. The number of amides is 3. The highest BCUT2D eigenvalue weighted by molar-refractivity contribution is 5.94. The molecular formula is C22H38N4O7. The maximum Gasteiger partial charge on any atom is 0.326 e. The molecule has 11 nitrogen and oxygen atoms in total. The first-order valence-corrected chi connectivity index (χ1v) is 11.6. The van der Waals surface area contributed by atoms with Gasteiger partial charge in [-0.05, 0) is 31.1 Å². The number of carboxylic acids is 2. The van der Waals surface area contributed by atoms with Crippen LogP contribution in [0.3, 0.4) is 0 Å². The van der Waals surface area contributed by atoms with E-state index in [1.165, 1.54) is 4.90 Å². The molecular weight excluding hydrogens is 432 g/mol. The van der Waals surface area contributed by atoms with Gasteiger partial charge in [-0.3, -0.25) is 19.2 Å². The molecule has 0 bridgehead atoms. The van der Waals surface area contributed by atoms with Crippen molar-refractivity contribution in [2.75, 3.05) is 6.54 Å². The molecule has 1 aliphatic rings. The van der Waals surface area contributed by atoms with Crippen LogP contribution >= 0.6 is 0 Å². The second-order valence-electron chi connectivity index (χ2n) is 8.81. The molecule has 0 aromatic rings. The lowest BCUT2D eigenvalue weighted by atomic mass is 9.94. The quantitative estimate of drug-likeness (QED) is 0.255. The van der Waals surface area contributed by atoms with Crippen LogP contribution in [0.2, 0.25) is 0 Å². The van der Waals surface area contributed by atoms with Crippen LogP contribution in [0.5, 0.6) is 0 Å². The summed E-state index contributed by atoms with van der Waals surface area (Å²) in [4.78, 5) is 62.5. The highest BCUT2D eigenvalue weighted by atomic mass is 16.4. The van der Waals surface area contributed by atoms with Crippen molar-refractivity contribution in [2.24, 2.45) is 17.6 Å². The number of hydrogen-bond donors (Lipinski definition) is 5. The van der Waals surface area contributed by atoms with E-state index >= 15 is 0 Å². The molecule has 1 fully saturated rings. The summed E-state index contributed by atoms with van der Waals surface area (Å²) in [6, 6.07) is -3.93. The van der Waals surface area contributed by atoms with Crippen LogP contribution < -0.4 is 16.4 Å². The Labute approximate surface area is 194 Å². The van der Waals surface area contributed by atoms with Crippen molar-refractivity contribution < 1.29 is 34.2 Å². The number of aliphatic carboxylic acids is 2. The summed E-state index contributed by atoms with van der Waals surface area (Å²) in [5.41, 5.74) is 5.78. The number of nitrogens with one attached hydrogen (secondary N) is 2. The second kappa shape index (κ2) is 13.1. The molecule has 0 aromatic heterocycles. The molecule has 0 aliphatic carbocycles. The largest absolute Gasteiger partial charge is 0.481 e. The number of rotatable bonds is 13. The van der Waals surface area contributed by atoms with Crippen molar-refractivity contribution in [3.05, 3.63) is 0 Å². The topological polar surface area (TPSA) is 179 Å². The number of likely N-dealkylation sites (tertiary alicyclic amines) is 1. The van der Waals surface area contributed by atoms with E-state index in [1.807, 2.05) is 13.8 Å². The predicted molar refractivity (Wildman–Crippen MR) is 120 cm³/mol. The third kappa shape index (κ3) is 7.99. The average molecular weight is 471 g/mol. The van der Waals surface area contributed by atoms with Crippen LogP contribution in [0, 0.1) is 11.8 Å². The smallest absolute Gasteiger partial charge is 0.326 e. The minimum Gasteiger partial charge on any atom is -0.481 e. The summed E-state index contributed by atoms with van der Waals surface area (Å²) >= 11 is 0. The van der Waals surface area contributed by atoms with Gasteiger partial charge in [-0.25, -0.2) is 4.79 Å². The molecule has 1 saturated heterocycles. The van der Waals surface area contributed by atoms with E-state index in [1.54, 1.807) is 13.8 Å². The Bertz CT molecular complexity index is 730. The van der Waals surface area contributed by atoms with Crippen molar-refractivity contribution in [3.63, 3.8) is 0 Å². The van der Waals surface area contributed by atoms with Crippen LogP contribution in [0.4, 0.5) is 0 Å². The van der Waals surface area contributed by atoms with E-state index in [-0.39, 0.29) is 24.7 Å². The van der Waals surface area contributed by atoms with Gasteiger partial charge in [0.25, 0.3) is 0 Å². The minimum atomic E-state index is -1.09. The highest BCUT2D eigenvalue weighted by Crippen LogP contribution is 2.22. The number of nitrogens with zero attached hydrogens (tertiary/aromatic N) is 1. The van der Waals surface area contributed by atoms with Gasteiger partial charge in [0.2, 0.25) is 17.7 Å². The van der Waals surface area contributed by atoms with E-state index in [2.05, 4.69) is 10.6 Å². The monoisotopic (exact) mass is 470 g/mol. The third-order valence-corrected chi connectivity index (χ3v) is 6.40. The van der Waals surface area contributed by atoms with E-state index < -0.39 is 53.8 Å². The molecule has 1 aliphatic heterocycles. The lowest BCUT2D eigenvalue weighted by Gasteiger charge is -2.32. The molecule has 1 rings (SSSR count). The molecule has 33 heavy (non-hydrogen) atoms. The van der Waals surface area contributed by atoms with Gasteiger partial charge in [-0.2, -0.15) is 0 Å². The molecule has 3 amide bonds. The number of carbonyl (C=O) groups is 5. The van der Waals surface area contributed by atoms with Crippen molar-refractivity contribution in [3.8, 4) is 0 Å². The molecule has 6 atom stereocenters. The molecule has 0 aromatic carbocycles. The van der Waals surface area contributed by atoms with Gasteiger partial charge in [0, 0.05) is 13.0 Å². The SMILES string of the molecule is CCC(C)C(NC(=O)C(N)CCC(=O)O)C(=O)NC(C(=O)N1CCCC1C(=O)O)C(C)CC. The maximum atomic E-state index is 13.2. The van der Waals surface area contributed by atoms with Gasteiger partial charge in [-0.15, -0.1) is 0 Å². The Morgan fingerprint density at radius 1 is 0.970 bits per heavy atom.